The van der Waals surface area contributed by atoms with Gasteiger partial charge in [0.15, 0.2) is 6.61 Å². The van der Waals surface area contributed by atoms with Crippen molar-refractivity contribution < 1.29 is 14.3 Å². The fourth-order valence-electron chi connectivity index (χ4n) is 2.56. The molecule has 2 amide bonds. The van der Waals surface area contributed by atoms with Crippen LogP contribution in [0.1, 0.15) is 48.2 Å². The van der Waals surface area contributed by atoms with Gasteiger partial charge >= 0.3 is 0 Å². The van der Waals surface area contributed by atoms with Crippen molar-refractivity contribution in [2.45, 2.75) is 33.6 Å². The Morgan fingerprint density at radius 1 is 1.08 bits per heavy atom. The first-order valence-corrected chi connectivity index (χ1v) is 8.82. The van der Waals surface area contributed by atoms with Crippen LogP contribution in [0, 0.1) is 6.92 Å². The molecule has 0 heterocycles. The van der Waals surface area contributed by atoms with E-state index in [0.717, 1.165) is 11.3 Å². The summed E-state index contributed by atoms with van der Waals surface area (Å²) in [5.41, 5.74) is 3.17. The lowest BCUT2D eigenvalue weighted by Crippen LogP contribution is -2.25. The molecule has 0 unspecified atom stereocenters. The van der Waals surface area contributed by atoms with Crippen molar-refractivity contribution in [3.05, 3.63) is 59.2 Å². The maximum Gasteiger partial charge on any atom is 0.262 e. The maximum atomic E-state index is 12.2. The Balaban J connectivity index is 2.02. The molecule has 2 rings (SSSR count). The second-order valence-corrected chi connectivity index (χ2v) is 6.42. The third-order valence-electron chi connectivity index (χ3n) is 4.00. The maximum absolute atomic E-state index is 12.2. The highest BCUT2D eigenvalue weighted by Crippen LogP contribution is 2.23. The van der Waals surface area contributed by atoms with Gasteiger partial charge in [0, 0.05) is 12.2 Å². The largest absolute Gasteiger partial charge is 0.483 e. The topological polar surface area (TPSA) is 67.4 Å². The van der Waals surface area contributed by atoms with Gasteiger partial charge in [-0.25, -0.2) is 0 Å². The van der Waals surface area contributed by atoms with Crippen LogP contribution in [-0.4, -0.2) is 25.0 Å². The molecule has 5 nitrogen and oxygen atoms in total. The van der Waals surface area contributed by atoms with Gasteiger partial charge in [-0.05, 0) is 49.1 Å². The minimum Gasteiger partial charge on any atom is -0.483 e. The van der Waals surface area contributed by atoms with Crippen LogP contribution in [0.25, 0.3) is 0 Å². The van der Waals surface area contributed by atoms with Crippen molar-refractivity contribution in [3.63, 3.8) is 0 Å². The summed E-state index contributed by atoms with van der Waals surface area (Å²) in [5, 5.41) is 5.56. The lowest BCUT2D eigenvalue weighted by atomic mass is 10.0. The van der Waals surface area contributed by atoms with Crippen LogP contribution < -0.4 is 15.4 Å². The zero-order valence-corrected chi connectivity index (χ0v) is 15.8. The first-order valence-electron chi connectivity index (χ1n) is 8.82. The van der Waals surface area contributed by atoms with Crippen molar-refractivity contribution in [2.24, 2.45) is 0 Å². The van der Waals surface area contributed by atoms with E-state index in [1.807, 2.05) is 44.2 Å². The number of ether oxygens (including phenoxy) is 1. The average Bonchev–Trinajstić information content (AvgIpc) is 2.61. The second-order valence-electron chi connectivity index (χ2n) is 6.42. The number of para-hydroxylation sites is 1. The third kappa shape index (κ3) is 5.09. The van der Waals surface area contributed by atoms with Crippen LogP contribution in [0.4, 0.5) is 5.69 Å². The van der Waals surface area contributed by atoms with Crippen molar-refractivity contribution in [2.75, 3.05) is 18.5 Å². The first kappa shape index (κ1) is 19.5. The Labute approximate surface area is 154 Å². The molecule has 0 spiro atoms. The first-order chi connectivity index (χ1) is 12.4. The molecule has 0 aliphatic rings. The number of anilines is 1. The normalized spacial score (nSPS) is 10.5. The molecule has 26 heavy (non-hydrogen) atoms. The van der Waals surface area contributed by atoms with E-state index in [0.29, 0.717) is 23.8 Å². The number of amides is 2. The number of aryl methyl sites for hydroxylation is 1. The Kier molecular flexibility index (Phi) is 6.78. The monoisotopic (exact) mass is 354 g/mol. The second kappa shape index (κ2) is 9.04. The molecular formula is C21H26N2O3. The van der Waals surface area contributed by atoms with Crippen LogP contribution >= 0.6 is 0 Å². The number of benzene rings is 2. The summed E-state index contributed by atoms with van der Waals surface area (Å²) >= 11 is 0. The molecule has 2 aromatic rings. The van der Waals surface area contributed by atoms with Crippen LogP contribution in [0.2, 0.25) is 0 Å². The van der Waals surface area contributed by atoms with E-state index < -0.39 is 0 Å². The minimum absolute atomic E-state index is 0.164. The molecule has 0 aromatic heterocycles. The summed E-state index contributed by atoms with van der Waals surface area (Å²) in [6.45, 7) is 8.31. The number of nitrogens with one attached hydrogen (secondary N) is 2. The third-order valence-corrected chi connectivity index (χ3v) is 4.00. The number of hydrogen-bond donors (Lipinski definition) is 2. The van der Waals surface area contributed by atoms with E-state index >= 15 is 0 Å². The highest BCUT2D eigenvalue weighted by Gasteiger charge is 2.15. The Bertz CT molecular complexity index is 767. The molecule has 0 aliphatic carbocycles. The molecule has 2 aromatic carbocycles. The molecule has 0 saturated heterocycles. The van der Waals surface area contributed by atoms with Gasteiger partial charge < -0.3 is 15.4 Å². The van der Waals surface area contributed by atoms with E-state index in [1.165, 1.54) is 5.56 Å². The van der Waals surface area contributed by atoms with E-state index in [2.05, 4.69) is 24.5 Å². The zero-order chi connectivity index (χ0) is 19.1. The van der Waals surface area contributed by atoms with Crippen molar-refractivity contribution >= 4 is 17.5 Å². The standard InChI is InChI=1S/C21H26N2O3/c1-5-22-21(25)18-8-6-7-15(4)20(18)26-13-19(24)23-17-11-9-16(10-12-17)14(2)3/h6-12,14H,5,13H2,1-4H3,(H,22,25)(H,23,24). The fraction of sp³-hybridized carbons (Fsp3) is 0.333. The highest BCUT2D eigenvalue weighted by molar-refractivity contribution is 5.97. The number of hydrogen-bond acceptors (Lipinski definition) is 3. The van der Waals surface area contributed by atoms with E-state index in [-0.39, 0.29) is 18.4 Å². The van der Waals surface area contributed by atoms with Crippen LogP contribution in [-0.2, 0) is 4.79 Å². The molecule has 0 atom stereocenters. The zero-order valence-electron chi connectivity index (χ0n) is 15.8. The molecule has 138 valence electrons. The van der Waals surface area contributed by atoms with Gasteiger partial charge in [-0.1, -0.05) is 38.1 Å². The molecule has 0 radical (unpaired) electrons. The highest BCUT2D eigenvalue weighted by atomic mass is 16.5. The van der Waals surface area contributed by atoms with Gasteiger partial charge in [0.1, 0.15) is 5.75 Å². The lowest BCUT2D eigenvalue weighted by Gasteiger charge is -2.14. The molecule has 2 N–H and O–H groups in total. The Morgan fingerprint density at radius 3 is 2.38 bits per heavy atom. The summed E-state index contributed by atoms with van der Waals surface area (Å²) in [4.78, 5) is 24.3. The smallest absolute Gasteiger partial charge is 0.262 e. The van der Waals surface area contributed by atoms with Gasteiger partial charge in [-0.15, -0.1) is 0 Å². The van der Waals surface area contributed by atoms with Gasteiger partial charge in [-0.2, -0.15) is 0 Å². The van der Waals surface area contributed by atoms with E-state index in [4.69, 9.17) is 4.74 Å². The number of carbonyl (C=O) groups is 2. The quantitative estimate of drug-likeness (QED) is 0.793. The SMILES string of the molecule is CCNC(=O)c1cccc(C)c1OCC(=O)Nc1ccc(C(C)C)cc1. The predicted octanol–water partition coefficient (Wildman–Crippen LogP) is 3.89. The summed E-state index contributed by atoms with van der Waals surface area (Å²) in [6, 6.07) is 13.1. The van der Waals surface area contributed by atoms with Gasteiger partial charge in [0.05, 0.1) is 5.56 Å². The molecular weight excluding hydrogens is 328 g/mol. The predicted molar refractivity (Wildman–Crippen MR) is 104 cm³/mol. The molecule has 0 aliphatic heterocycles. The molecule has 0 saturated carbocycles. The van der Waals surface area contributed by atoms with Crippen LogP contribution in [0.3, 0.4) is 0 Å². The van der Waals surface area contributed by atoms with Gasteiger partial charge in [-0.3, -0.25) is 9.59 Å². The van der Waals surface area contributed by atoms with Crippen molar-refractivity contribution in [3.8, 4) is 5.75 Å². The number of carbonyl (C=O) groups excluding carboxylic acids is 2. The van der Waals surface area contributed by atoms with Gasteiger partial charge in [0.25, 0.3) is 11.8 Å². The fourth-order valence-corrected chi connectivity index (χ4v) is 2.56. The Morgan fingerprint density at radius 2 is 1.77 bits per heavy atom. The summed E-state index contributed by atoms with van der Waals surface area (Å²) in [7, 11) is 0. The van der Waals surface area contributed by atoms with Crippen molar-refractivity contribution in [1.29, 1.82) is 0 Å². The Hall–Kier alpha value is -2.82. The van der Waals surface area contributed by atoms with E-state index in [1.54, 1.807) is 12.1 Å². The number of rotatable bonds is 7. The summed E-state index contributed by atoms with van der Waals surface area (Å²) in [6.07, 6.45) is 0. The molecule has 0 fully saturated rings. The molecule has 0 bridgehead atoms. The van der Waals surface area contributed by atoms with Gasteiger partial charge in [0.2, 0.25) is 0 Å². The minimum atomic E-state index is -0.271. The van der Waals surface area contributed by atoms with Crippen molar-refractivity contribution in [1.82, 2.24) is 5.32 Å². The molecule has 5 heteroatoms. The lowest BCUT2D eigenvalue weighted by molar-refractivity contribution is -0.118. The summed E-state index contributed by atoms with van der Waals surface area (Å²) < 4.78 is 5.66. The summed E-state index contributed by atoms with van der Waals surface area (Å²) in [5.74, 6) is 0.392. The van der Waals surface area contributed by atoms with Crippen LogP contribution in [0.15, 0.2) is 42.5 Å². The average molecular weight is 354 g/mol. The van der Waals surface area contributed by atoms with Crippen LogP contribution in [0.5, 0.6) is 5.75 Å². The van der Waals surface area contributed by atoms with E-state index in [9.17, 15) is 9.59 Å².